The van der Waals surface area contributed by atoms with Crippen molar-refractivity contribution in [2.45, 2.75) is 52.6 Å². The summed E-state index contributed by atoms with van der Waals surface area (Å²) >= 11 is 6.46. The van der Waals surface area contributed by atoms with Crippen LogP contribution in [-0.4, -0.2) is 16.3 Å². The van der Waals surface area contributed by atoms with Crippen LogP contribution in [0.25, 0.3) is 0 Å². The van der Waals surface area contributed by atoms with Crippen LogP contribution in [0.15, 0.2) is 30.3 Å². The summed E-state index contributed by atoms with van der Waals surface area (Å²) in [6.07, 6.45) is 2.26. The number of nitrogens with one attached hydrogen (secondary N) is 1. The second-order valence-corrected chi connectivity index (χ2v) is 6.23. The molecule has 3 nitrogen and oxygen atoms in total. The Bertz CT molecular complexity index is 578. The molecular weight excluding hydrogens is 294 g/mol. The molecule has 0 unspecified atom stereocenters. The monoisotopic (exact) mass is 319 g/mol. The molecule has 4 heteroatoms. The minimum Gasteiger partial charge on any atom is -0.312 e. The van der Waals surface area contributed by atoms with Gasteiger partial charge in [0.1, 0.15) is 5.15 Å². The Morgan fingerprint density at radius 3 is 2.68 bits per heavy atom. The normalized spacial score (nSPS) is 12.5. The highest BCUT2D eigenvalue weighted by Gasteiger charge is 2.13. The summed E-state index contributed by atoms with van der Waals surface area (Å²) in [5.41, 5.74) is 3.51. The van der Waals surface area contributed by atoms with E-state index in [1.165, 1.54) is 5.56 Å². The molecule has 0 aliphatic carbocycles. The molecule has 0 amide bonds. The lowest BCUT2D eigenvalue weighted by atomic mass is 10.0. The van der Waals surface area contributed by atoms with E-state index in [1.807, 2.05) is 11.6 Å². The number of hydrogen-bond donors (Lipinski definition) is 1. The first-order valence-corrected chi connectivity index (χ1v) is 8.48. The maximum atomic E-state index is 6.46. The summed E-state index contributed by atoms with van der Waals surface area (Å²) in [7, 11) is 0. The second kappa shape index (κ2) is 8.35. The molecule has 0 radical (unpaired) electrons. The number of aryl methyl sites for hydroxylation is 2. The number of nitrogens with zero attached hydrogens (tertiary/aromatic N) is 2. The van der Waals surface area contributed by atoms with Gasteiger partial charge in [-0.2, -0.15) is 5.10 Å². The van der Waals surface area contributed by atoms with E-state index in [4.69, 9.17) is 11.6 Å². The van der Waals surface area contributed by atoms with E-state index < -0.39 is 0 Å². The van der Waals surface area contributed by atoms with Crippen LogP contribution in [0.3, 0.4) is 0 Å². The van der Waals surface area contributed by atoms with Crippen molar-refractivity contribution >= 4 is 11.6 Å². The van der Waals surface area contributed by atoms with E-state index in [9.17, 15) is 0 Å². The Labute approximate surface area is 138 Å². The third kappa shape index (κ3) is 4.34. The van der Waals surface area contributed by atoms with Gasteiger partial charge in [-0.05, 0) is 24.8 Å². The van der Waals surface area contributed by atoms with Crippen molar-refractivity contribution in [2.24, 2.45) is 0 Å². The maximum absolute atomic E-state index is 6.46. The van der Waals surface area contributed by atoms with Crippen LogP contribution in [0, 0.1) is 6.92 Å². The van der Waals surface area contributed by atoms with Crippen LogP contribution in [0.5, 0.6) is 0 Å². The van der Waals surface area contributed by atoms with Crippen molar-refractivity contribution in [1.29, 1.82) is 0 Å². The lowest BCUT2D eigenvalue weighted by Gasteiger charge is -2.13. The zero-order valence-corrected chi connectivity index (χ0v) is 14.5. The Morgan fingerprint density at radius 2 is 2.00 bits per heavy atom. The Morgan fingerprint density at radius 1 is 1.27 bits per heavy atom. The Kier molecular flexibility index (Phi) is 6.47. The first-order chi connectivity index (χ1) is 10.6. The fourth-order valence-corrected chi connectivity index (χ4v) is 2.89. The Balaban J connectivity index is 1.90. The van der Waals surface area contributed by atoms with E-state index in [0.29, 0.717) is 5.92 Å². The number of hydrogen-bond acceptors (Lipinski definition) is 2. The van der Waals surface area contributed by atoms with Gasteiger partial charge < -0.3 is 5.32 Å². The summed E-state index contributed by atoms with van der Waals surface area (Å²) in [4.78, 5) is 0. The molecule has 1 aromatic carbocycles. The fourth-order valence-electron chi connectivity index (χ4n) is 2.56. The van der Waals surface area contributed by atoms with Crippen LogP contribution in [0.2, 0.25) is 5.15 Å². The quantitative estimate of drug-likeness (QED) is 0.774. The molecule has 1 atom stereocenters. The number of benzene rings is 1. The van der Waals surface area contributed by atoms with Gasteiger partial charge >= 0.3 is 0 Å². The summed E-state index contributed by atoms with van der Waals surface area (Å²) in [5, 5.41) is 8.84. The van der Waals surface area contributed by atoms with Gasteiger partial charge in [0.2, 0.25) is 0 Å². The van der Waals surface area contributed by atoms with Gasteiger partial charge in [0.25, 0.3) is 0 Å². The average molecular weight is 320 g/mol. The molecule has 0 fully saturated rings. The topological polar surface area (TPSA) is 29.9 Å². The van der Waals surface area contributed by atoms with Gasteiger partial charge in [0.15, 0.2) is 0 Å². The van der Waals surface area contributed by atoms with Gasteiger partial charge in [-0.15, -0.1) is 0 Å². The van der Waals surface area contributed by atoms with E-state index in [2.05, 4.69) is 54.6 Å². The van der Waals surface area contributed by atoms with Crippen molar-refractivity contribution < 1.29 is 0 Å². The van der Waals surface area contributed by atoms with Crippen LogP contribution >= 0.6 is 11.6 Å². The molecule has 1 aromatic heterocycles. The molecule has 0 bridgehead atoms. The Hall–Kier alpha value is -1.32. The molecule has 1 heterocycles. The lowest BCUT2D eigenvalue weighted by Crippen LogP contribution is -2.20. The van der Waals surface area contributed by atoms with Gasteiger partial charge in [-0.1, -0.05) is 62.2 Å². The van der Waals surface area contributed by atoms with Gasteiger partial charge in [-0.25, -0.2) is 0 Å². The smallest absolute Gasteiger partial charge is 0.131 e. The minimum atomic E-state index is 0.482. The van der Waals surface area contributed by atoms with E-state index >= 15 is 0 Å². The molecular formula is C18H26ClN3. The van der Waals surface area contributed by atoms with E-state index in [-0.39, 0.29) is 0 Å². The molecule has 2 rings (SSSR count). The SMILES string of the molecule is CCCCn1nc(C)c(CNC[C@H](C)c2ccccc2)c1Cl. The highest BCUT2D eigenvalue weighted by atomic mass is 35.5. The van der Waals surface area contributed by atoms with Crippen molar-refractivity contribution in [1.82, 2.24) is 15.1 Å². The average Bonchev–Trinajstić information content (AvgIpc) is 2.81. The van der Waals surface area contributed by atoms with Crippen LogP contribution in [0.4, 0.5) is 0 Å². The zero-order valence-electron chi connectivity index (χ0n) is 13.8. The number of aromatic nitrogens is 2. The molecule has 2 aromatic rings. The standard InChI is InChI=1S/C18H26ClN3/c1-4-5-11-22-18(19)17(15(3)21-22)13-20-12-14(2)16-9-7-6-8-10-16/h6-10,14,20H,4-5,11-13H2,1-3H3/t14-/m0/s1. The largest absolute Gasteiger partial charge is 0.312 e. The first-order valence-electron chi connectivity index (χ1n) is 8.11. The van der Waals surface area contributed by atoms with Crippen LogP contribution < -0.4 is 5.32 Å². The van der Waals surface area contributed by atoms with Gasteiger partial charge in [0, 0.05) is 25.2 Å². The molecule has 120 valence electrons. The van der Waals surface area contributed by atoms with Crippen molar-refractivity contribution in [2.75, 3.05) is 6.54 Å². The predicted molar refractivity (Wildman–Crippen MR) is 93.4 cm³/mol. The third-order valence-electron chi connectivity index (χ3n) is 4.03. The van der Waals surface area contributed by atoms with E-state index in [0.717, 1.165) is 48.9 Å². The summed E-state index contributed by atoms with van der Waals surface area (Å²) in [6.45, 7) is 9.05. The van der Waals surface area contributed by atoms with E-state index in [1.54, 1.807) is 0 Å². The van der Waals surface area contributed by atoms with Crippen molar-refractivity contribution in [3.63, 3.8) is 0 Å². The molecule has 0 spiro atoms. The van der Waals surface area contributed by atoms with Crippen LogP contribution in [0.1, 0.15) is 49.4 Å². The third-order valence-corrected chi connectivity index (χ3v) is 4.45. The lowest BCUT2D eigenvalue weighted by molar-refractivity contribution is 0.568. The summed E-state index contributed by atoms with van der Waals surface area (Å²) < 4.78 is 1.93. The molecule has 1 N–H and O–H groups in total. The summed E-state index contributed by atoms with van der Waals surface area (Å²) in [6, 6.07) is 10.6. The number of halogens is 1. The van der Waals surface area contributed by atoms with Crippen molar-refractivity contribution in [3.05, 3.63) is 52.3 Å². The molecule has 0 saturated carbocycles. The highest BCUT2D eigenvalue weighted by Crippen LogP contribution is 2.20. The number of unbranched alkanes of at least 4 members (excludes halogenated alkanes) is 1. The zero-order chi connectivity index (χ0) is 15.9. The molecule has 0 saturated heterocycles. The van der Waals surface area contributed by atoms with Crippen LogP contribution in [-0.2, 0) is 13.1 Å². The molecule has 22 heavy (non-hydrogen) atoms. The van der Waals surface area contributed by atoms with Gasteiger partial charge in [0.05, 0.1) is 5.69 Å². The van der Waals surface area contributed by atoms with Gasteiger partial charge in [-0.3, -0.25) is 4.68 Å². The molecule has 0 aliphatic heterocycles. The minimum absolute atomic E-state index is 0.482. The maximum Gasteiger partial charge on any atom is 0.131 e. The second-order valence-electron chi connectivity index (χ2n) is 5.87. The van der Waals surface area contributed by atoms with Crippen molar-refractivity contribution in [3.8, 4) is 0 Å². The fraction of sp³-hybridized carbons (Fsp3) is 0.500. The highest BCUT2D eigenvalue weighted by molar-refractivity contribution is 6.30. The summed E-state index contributed by atoms with van der Waals surface area (Å²) in [5.74, 6) is 0.482. The predicted octanol–water partition coefficient (Wildman–Crippen LogP) is 4.54. The first kappa shape index (κ1) is 17.0. The molecule has 0 aliphatic rings. The number of rotatable bonds is 8.